The van der Waals surface area contributed by atoms with Gasteiger partial charge in [-0.05, 0) is 48.5 Å². The monoisotopic (exact) mass is 276 g/mol. The maximum absolute atomic E-state index is 5.18. The summed E-state index contributed by atoms with van der Waals surface area (Å²) in [5, 5.41) is 0. The summed E-state index contributed by atoms with van der Waals surface area (Å²) in [6.07, 6.45) is 0. The molecule has 0 saturated heterocycles. The number of hydrogen-bond acceptors (Lipinski definition) is 3. The van der Waals surface area contributed by atoms with Gasteiger partial charge in [0.1, 0.15) is 5.75 Å². The molecule has 0 aliphatic heterocycles. The summed E-state index contributed by atoms with van der Waals surface area (Å²) in [5.41, 5.74) is 3.25. The van der Waals surface area contributed by atoms with Gasteiger partial charge in [0.2, 0.25) is 0 Å². The molecule has 0 spiro atoms. The molecule has 3 rings (SSSR count). The van der Waals surface area contributed by atoms with Gasteiger partial charge in [-0.1, -0.05) is 36.4 Å². The van der Waals surface area contributed by atoms with Crippen molar-refractivity contribution in [1.82, 2.24) is 0 Å². The van der Waals surface area contributed by atoms with E-state index < -0.39 is 0 Å². The number of anilines is 3. The molecular formula is C18H16N2O. The van der Waals surface area contributed by atoms with Gasteiger partial charge in [-0.15, -0.1) is 0 Å². The highest BCUT2D eigenvalue weighted by Crippen LogP contribution is 2.34. The first-order valence-corrected chi connectivity index (χ1v) is 6.75. The van der Waals surface area contributed by atoms with Crippen LogP contribution in [0.2, 0.25) is 0 Å². The molecule has 0 aromatic heterocycles. The lowest BCUT2D eigenvalue weighted by Gasteiger charge is -2.25. The van der Waals surface area contributed by atoms with Gasteiger partial charge in [0.15, 0.2) is 0 Å². The summed E-state index contributed by atoms with van der Waals surface area (Å²) in [5.74, 6) is 5.82. The molecule has 0 aliphatic carbocycles. The van der Waals surface area contributed by atoms with E-state index >= 15 is 0 Å². The molecule has 0 amide bonds. The number of nitrogens with two attached hydrogens (primary N) is 1. The average Bonchev–Trinajstić information content (AvgIpc) is 2.58. The Labute approximate surface area is 124 Å². The molecule has 21 heavy (non-hydrogen) atoms. The standard InChI is InChI=1S/C18H16N2O/c19-21-18-13-11-17(12-14-18)20(15-7-3-1-4-8-15)16-9-5-2-6-10-16/h1-14H,19H2. The van der Waals surface area contributed by atoms with Crippen LogP contribution in [0, 0.1) is 0 Å². The zero-order chi connectivity index (χ0) is 14.5. The van der Waals surface area contributed by atoms with Crippen molar-refractivity contribution in [2.45, 2.75) is 0 Å². The Morgan fingerprint density at radius 3 is 1.43 bits per heavy atom. The number of hydrogen-bond donors (Lipinski definition) is 1. The summed E-state index contributed by atoms with van der Waals surface area (Å²) in [7, 11) is 0. The van der Waals surface area contributed by atoms with Crippen molar-refractivity contribution in [1.29, 1.82) is 0 Å². The molecule has 0 fully saturated rings. The maximum atomic E-state index is 5.18. The van der Waals surface area contributed by atoms with Crippen LogP contribution in [0.3, 0.4) is 0 Å². The largest absolute Gasteiger partial charge is 0.412 e. The summed E-state index contributed by atoms with van der Waals surface area (Å²) in [6.45, 7) is 0. The summed E-state index contributed by atoms with van der Waals surface area (Å²) < 4.78 is 0. The Morgan fingerprint density at radius 1 is 0.571 bits per heavy atom. The molecule has 3 nitrogen and oxygen atoms in total. The van der Waals surface area contributed by atoms with Crippen LogP contribution in [0.25, 0.3) is 0 Å². The topological polar surface area (TPSA) is 38.5 Å². The second kappa shape index (κ2) is 6.11. The van der Waals surface area contributed by atoms with Crippen molar-refractivity contribution < 1.29 is 4.84 Å². The third-order valence-electron chi connectivity index (χ3n) is 3.26. The van der Waals surface area contributed by atoms with Crippen molar-refractivity contribution >= 4 is 17.1 Å². The minimum absolute atomic E-state index is 0.639. The van der Waals surface area contributed by atoms with Gasteiger partial charge in [-0.25, -0.2) is 0 Å². The van der Waals surface area contributed by atoms with Crippen LogP contribution in [-0.2, 0) is 0 Å². The van der Waals surface area contributed by atoms with E-state index in [0.717, 1.165) is 17.1 Å². The van der Waals surface area contributed by atoms with Crippen LogP contribution in [0.5, 0.6) is 5.75 Å². The van der Waals surface area contributed by atoms with Crippen LogP contribution in [0.4, 0.5) is 17.1 Å². The molecule has 3 aromatic carbocycles. The molecule has 0 saturated carbocycles. The first kappa shape index (κ1) is 13.2. The second-order valence-electron chi connectivity index (χ2n) is 4.62. The van der Waals surface area contributed by atoms with Crippen molar-refractivity contribution in [2.24, 2.45) is 5.90 Å². The third kappa shape index (κ3) is 2.88. The fourth-order valence-corrected chi connectivity index (χ4v) is 2.28. The number of nitrogens with zero attached hydrogens (tertiary/aromatic N) is 1. The Morgan fingerprint density at radius 2 is 1.00 bits per heavy atom. The van der Waals surface area contributed by atoms with E-state index in [-0.39, 0.29) is 0 Å². The molecule has 0 bridgehead atoms. The minimum atomic E-state index is 0.639. The van der Waals surface area contributed by atoms with Crippen LogP contribution >= 0.6 is 0 Å². The smallest absolute Gasteiger partial charge is 0.146 e. The van der Waals surface area contributed by atoms with Crippen LogP contribution in [0.15, 0.2) is 84.9 Å². The summed E-state index contributed by atoms with van der Waals surface area (Å²) in [4.78, 5) is 6.92. The molecule has 0 heterocycles. The van der Waals surface area contributed by atoms with Crippen LogP contribution < -0.4 is 15.6 Å². The van der Waals surface area contributed by atoms with E-state index in [1.807, 2.05) is 60.7 Å². The highest BCUT2D eigenvalue weighted by atomic mass is 16.6. The number of para-hydroxylation sites is 2. The SMILES string of the molecule is NOc1ccc(N(c2ccccc2)c2ccccc2)cc1. The van der Waals surface area contributed by atoms with Crippen LogP contribution in [-0.4, -0.2) is 0 Å². The summed E-state index contributed by atoms with van der Waals surface area (Å²) in [6, 6.07) is 28.2. The van der Waals surface area contributed by atoms with Crippen molar-refractivity contribution in [3.05, 3.63) is 84.9 Å². The first-order valence-electron chi connectivity index (χ1n) is 6.75. The lowest BCUT2D eigenvalue weighted by atomic mass is 10.2. The van der Waals surface area contributed by atoms with Crippen molar-refractivity contribution in [3.8, 4) is 5.75 Å². The molecule has 0 unspecified atom stereocenters. The molecular weight excluding hydrogens is 260 g/mol. The Balaban J connectivity index is 2.07. The molecule has 0 radical (unpaired) electrons. The predicted molar refractivity (Wildman–Crippen MR) is 85.9 cm³/mol. The number of benzene rings is 3. The van der Waals surface area contributed by atoms with Gasteiger partial charge >= 0.3 is 0 Å². The first-order chi connectivity index (χ1) is 10.4. The maximum Gasteiger partial charge on any atom is 0.146 e. The van der Waals surface area contributed by atoms with Gasteiger partial charge < -0.3 is 9.74 Å². The predicted octanol–water partition coefficient (Wildman–Crippen LogP) is 4.41. The highest BCUT2D eigenvalue weighted by Gasteiger charge is 2.11. The molecule has 2 N–H and O–H groups in total. The van der Waals surface area contributed by atoms with Crippen LogP contribution in [0.1, 0.15) is 0 Å². The zero-order valence-corrected chi connectivity index (χ0v) is 11.5. The van der Waals surface area contributed by atoms with Gasteiger partial charge in [-0.3, -0.25) is 0 Å². The van der Waals surface area contributed by atoms with E-state index in [0.29, 0.717) is 5.75 Å². The quantitative estimate of drug-likeness (QED) is 0.717. The second-order valence-corrected chi connectivity index (χ2v) is 4.62. The fraction of sp³-hybridized carbons (Fsp3) is 0. The zero-order valence-electron chi connectivity index (χ0n) is 11.5. The van der Waals surface area contributed by atoms with Gasteiger partial charge in [0.05, 0.1) is 0 Å². The van der Waals surface area contributed by atoms with E-state index in [4.69, 9.17) is 10.7 Å². The lowest BCUT2D eigenvalue weighted by molar-refractivity contribution is 0.334. The lowest BCUT2D eigenvalue weighted by Crippen LogP contribution is -2.09. The third-order valence-corrected chi connectivity index (χ3v) is 3.26. The van der Waals surface area contributed by atoms with E-state index in [1.54, 1.807) is 0 Å². The van der Waals surface area contributed by atoms with E-state index in [1.165, 1.54) is 0 Å². The van der Waals surface area contributed by atoms with Gasteiger partial charge in [0.25, 0.3) is 0 Å². The molecule has 0 aliphatic rings. The fourth-order valence-electron chi connectivity index (χ4n) is 2.28. The van der Waals surface area contributed by atoms with E-state index in [9.17, 15) is 0 Å². The molecule has 3 heteroatoms. The Hall–Kier alpha value is -2.78. The Bertz CT molecular complexity index is 642. The van der Waals surface area contributed by atoms with Crippen molar-refractivity contribution in [3.63, 3.8) is 0 Å². The van der Waals surface area contributed by atoms with Gasteiger partial charge in [0, 0.05) is 17.1 Å². The Kier molecular flexibility index (Phi) is 3.85. The average molecular weight is 276 g/mol. The minimum Gasteiger partial charge on any atom is -0.412 e. The highest BCUT2D eigenvalue weighted by molar-refractivity contribution is 5.76. The summed E-state index contributed by atoms with van der Waals surface area (Å²) >= 11 is 0. The normalized spacial score (nSPS) is 10.1. The van der Waals surface area contributed by atoms with E-state index in [2.05, 4.69) is 29.2 Å². The number of rotatable bonds is 4. The van der Waals surface area contributed by atoms with Gasteiger partial charge in [-0.2, -0.15) is 5.90 Å². The molecule has 104 valence electrons. The molecule has 0 atom stereocenters. The van der Waals surface area contributed by atoms with Crippen molar-refractivity contribution in [2.75, 3.05) is 4.90 Å². The molecule has 3 aromatic rings.